The fourth-order valence-electron chi connectivity index (χ4n) is 1.28. The Morgan fingerprint density at radius 2 is 2.20 bits per heavy atom. The Bertz CT molecular complexity index is 315. The van der Waals surface area contributed by atoms with Gasteiger partial charge in [0.25, 0.3) is 0 Å². The lowest BCUT2D eigenvalue weighted by molar-refractivity contribution is 0.0407. The van der Waals surface area contributed by atoms with E-state index in [2.05, 4.69) is 15.9 Å². The molecule has 1 aromatic rings. The van der Waals surface area contributed by atoms with Crippen LogP contribution in [-0.4, -0.2) is 25.4 Å². The molecule has 4 heteroatoms. The lowest BCUT2D eigenvalue weighted by Crippen LogP contribution is -2.08. The zero-order valence-electron chi connectivity index (χ0n) is 8.87. The number of aliphatic hydroxyl groups excluding tert-OH is 1. The molecule has 0 fully saturated rings. The first-order chi connectivity index (χ1) is 7.19. The van der Waals surface area contributed by atoms with Crippen LogP contribution in [0.3, 0.4) is 0 Å². The zero-order valence-corrected chi connectivity index (χ0v) is 10.5. The van der Waals surface area contributed by atoms with Crippen molar-refractivity contribution >= 4 is 15.9 Å². The smallest absolute Gasteiger partial charge is 0.124 e. The van der Waals surface area contributed by atoms with Gasteiger partial charge in [0.15, 0.2) is 0 Å². The second-order valence-electron chi connectivity index (χ2n) is 3.06. The molecule has 0 aliphatic rings. The topological polar surface area (TPSA) is 38.7 Å². The van der Waals surface area contributed by atoms with Crippen LogP contribution in [0.5, 0.6) is 5.75 Å². The number of rotatable bonds is 5. The Morgan fingerprint density at radius 1 is 1.47 bits per heavy atom. The summed E-state index contributed by atoms with van der Waals surface area (Å²) in [7, 11) is 1.58. The summed E-state index contributed by atoms with van der Waals surface area (Å²) in [6, 6.07) is 5.52. The van der Waals surface area contributed by atoms with E-state index in [0.29, 0.717) is 12.4 Å². The first kappa shape index (κ1) is 12.5. The molecule has 0 aliphatic heterocycles. The average molecular weight is 275 g/mol. The second kappa shape index (κ2) is 6.10. The molecule has 0 aromatic heterocycles. The SMILES string of the molecule is CCOCC(O)c1cc(Br)ccc1OC. The van der Waals surface area contributed by atoms with Crippen LogP contribution in [0, 0.1) is 0 Å². The van der Waals surface area contributed by atoms with Crippen LogP contribution in [0.2, 0.25) is 0 Å². The van der Waals surface area contributed by atoms with Crippen LogP contribution in [-0.2, 0) is 4.74 Å². The van der Waals surface area contributed by atoms with Gasteiger partial charge in [-0.05, 0) is 25.1 Å². The Labute approximate surface area is 98.1 Å². The highest BCUT2D eigenvalue weighted by molar-refractivity contribution is 9.10. The van der Waals surface area contributed by atoms with Gasteiger partial charge in [-0.2, -0.15) is 0 Å². The highest BCUT2D eigenvalue weighted by Crippen LogP contribution is 2.28. The lowest BCUT2D eigenvalue weighted by atomic mass is 10.1. The molecule has 0 amide bonds. The van der Waals surface area contributed by atoms with Gasteiger partial charge in [-0.25, -0.2) is 0 Å². The molecule has 0 saturated carbocycles. The van der Waals surface area contributed by atoms with E-state index in [1.54, 1.807) is 7.11 Å². The number of ether oxygens (including phenoxy) is 2. The molecule has 0 spiro atoms. The molecular formula is C11H15BrO3. The highest BCUT2D eigenvalue weighted by atomic mass is 79.9. The van der Waals surface area contributed by atoms with Crippen LogP contribution < -0.4 is 4.74 Å². The molecule has 0 saturated heterocycles. The maximum atomic E-state index is 9.86. The van der Waals surface area contributed by atoms with Crippen molar-refractivity contribution in [2.75, 3.05) is 20.3 Å². The summed E-state index contributed by atoms with van der Waals surface area (Å²) in [5.41, 5.74) is 0.736. The van der Waals surface area contributed by atoms with Crippen molar-refractivity contribution in [2.45, 2.75) is 13.0 Å². The summed E-state index contributed by atoms with van der Waals surface area (Å²) in [6.07, 6.45) is -0.655. The summed E-state index contributed by atoms with van der Waals surface area (Å²) in [4.78, 5) is 0. The average Bonchev–Trinajstić information content (AvgIpc) is 2.25. The van der Waals surface area contributed by atoms with Gasteiger partial charge in [-0.1, -0.05) is 15.9 Å². The Kier molecular flexibility index (Phi) is 5.08. The van der Waals surface area contributed by atoms with Gasteiger partial charge in [0, 0.05) is 16.6 Å². The number of hydrogen-bond donors (Lipinski definition) is 1. The molecule has 3 nitrogen and oxygen atoms in total. The van der Waals surface area contributed by atoms with E-state index in [1.165, 1.54) is 0 Å². The minimum Gasteiger partial charge on any atom is -0.496 e. The Morgan fingerprint density at radius 3 is 2.80 bits per heavy atom. The third kappa shape index (κ3) is 3.48. The molecule has 1 N–H and O–H groups in total. The third-order valence-electron chi connectivity index (χ3n) is 2.03. The van der Waals surface area contributed by atoms with Gasteiger partial charge in [-0.3, -0.25) is 0 Å². The Balaban J connectivity index is 2.85. The van der Waals surface area contributed by atoms with Crippen molar-refractivity contribution in [3.63, 3.8) is 0 Å². The van der Waals surface area contributed by atoms with Crippen LogP contribution in [0.25, 0.3) is 0 Å². The van der Waals surface area contributed by atoms with E-state index in [4.69, 9.17) is 9.47 Å². The summed E-state index contributed by atoms with van der Waals surface area (Å²) < 4.78 is 11.2. The van der Waals surface area contributed by atoms with E-state index in [9.17, 15) is 5.11 Å². The van der Waals surface area contributed by atoms with E-state index in [1.807, 2.05) is 25.1 Å². The molecule has 1 atom stereocenters. The van der Waals surface area contributed by atoms with Crippen LogP contribution in [0.15, 0.2) is 22.7 Å². The van der Waals surface area contributed by atoms with Gasteiger partial charge < -0.3 is 14.6 Å². The highest BCUT2D eigenvalue weighted by Gasteiger charge is 2.13. The lowest BCUT2D eigenvalue weighted by Gasteiger charge is -2.14. The van der Waals surface area contributed by atoms with E-state index < -0.39 is 6.10 Å². The molecule has 15 heavy (non-hydrogen) atoms. The van der Waals surface area contributed by atoms with E-state index in [-0.39, 0.29) is 6.61 Å². The zero-order chi connectivity index (χ0) is 11.3. The monoisotopic (exact) mass is 274 g/mol. The first-order valence-electron chi connectivity index (χ1n) is 4.78. The molecule has 1 rings (SSSR count). The Hall–Kier alpha value is -0.580. The van der Waals surface area contributed by atoms with Gasteiger partial charge in [0.05, 0.1) is 13.7 Å². The predicted molar refractivity (Wildman–Crippen MR) is 62.1 cm³/mol. The fraction of sp³-hybridized carbons (Fsp3) is 0.455. The van der Waals surface area contributed by atoms with Gasteiger partial charge in [0.1, 0.15) is 11.9 Å². The van der Waals surface area contributed by atoms with Gasteiger partial charge in [0.2, 0.25) is 0 Å². The van der Waals surface area contributed by atoms with Crippen molar-refractivity contribution < 1.29 is 14.6 Å². The predicted octanol–water partition coefficient (Wildman–Crippen LogP) is 2.53. The maximum Gasteiger partial charge on any atom is 0.124 e. The quantitative estimate of drug-likeness (QED) is 0.897. The van der Waals surface area contributed by atoms with Crippen molar-refractivity contribution in [2.24, 2.45) is 0 Å². The van der Waals surface area contributed by atoms with Crippen molar-refractivity contribution in [3.8, 4) is 5.75 Å². The molecule has 84 valence electrons. The van der Waals surface area contributed by atoms with Crippen LogP contribution in [0.4, 0.5) is 0 Å². The summed E-state index contributed by atoms with van der Waals surface area (Å²) >= 11 is 3.35. The van der Waals surface area contributed by atoms with Gasteiger partial charge >= 0.3 is 0 Å². The maximum absolute atomic E-state index is 9.86. The molecular weight excluding hydrogens is 260 g/mol. The minimum absolute atomic E-state index is 0.281. The molecule has 1 aromatic carbocycles. The second-order valence-corrected chi connectivity index (χ2v) is 3.98. The minimum atomic E-state index is -0.655. The van der Waals surface area contributed by atoms with Crippen molar-refractivity contribution in [1.82, 2.24) is 0 Å². The largest absolute Gasteiger partial charge is 0.496 e. The molecule has 0 bridgehead atoms. The normalized spacial score (nSPS) is 12.5. The summed E-state index contributed by atoms with van der Waals surface area (Å²) in [5, 5.41) is 9.86. The third-order valence-corrected chi connectivity index (χ3v) is 2.52. The molecule has 1 unspecified atom stereocenters. The fourth-order valence-corrected chi connectivity index (χ4v) is 1.66. The van der Waals surface area contributed by atoms with E-state index in [0.717, 1.165) is 10.0 Å². The molecule has 0 heterocycles. The van der Waals surface area contributed by atoms with Crippen LogP contribution in [0.1, 0.15) is 18.6 Å². The van der Waals surface area contributed by atoms with Crippen LogP contribution >= 0.6 is 15.9 Å². The number of methoxy groups -OCH3 is 1. The number of halogens is 1. The summed E-state index contributed by atoms with van der Waals surface area (Å²) in [5.74, 6) is 0.672. The van der Waals surface area contributed by atoms with E-state index >= 15 is 0 Å². The number of benzene rings is 1. The number of aliphatic hydroxyl groups is 1. The van der Waals surface area contributed by atoms with Crippen molar-refractivity contribution in [3.05, 3.63) is 28.2 Å². The molecule has 0 radical (unpaired) electrons. The summed E-state index contributed by atoms with van der Waals surface area (Å²) in [6.45, 7) is 2.77. The first-order valence-corrected chi connectivity index (χ1v) is 5.57. The molecule has 0 aliphatic carbocycles. The number of hydrogen-bond acceptors (Lipinski definition) is 3. The van der Waals surface area contributed by atoms with Gasteiger partial charge in [-0.15, -0.1) is 0 Å². The van der Waals surface area contributed by atoms with Crippen molar-refractivity contribution in [1.29, 1.82) is 0 Å². The standard InChI is InChI=1S/C11H15BrO3/c1-3-15-7-10(13)9-6-8(12)4-5-11(9)14-2/h4-6,10,13H,3,7H2,1-2H3.